The van der Waals surface area contributed by atoms with Crippen molar-refractivity contribution < 1.29 is 27.5 Å². The number of halogens is 1. The Kier molecular flexibility index (Phi) is 8.05. The molecule has 1 fully saturated rings. The van der Waals surface area contributed by atoms with E-state index in [0.29, 0.717) is 24.5 Å². The molecule has 0 spiro atoms. The van der Waals surface area contributed by atoms with Crippen LogP contribution in [-0.2, 0) is 35.5 Å². The predicted molar refractivity (Wildman–Crippen MR) is 123 cm³/mol. The Balaban J connectivity index is 1.64. The summed E-state index contributed by atoms with van der Waals surface area (Å²) in [7, 11) is -3.71. The van der Waals surface area contributed by atoms with Gasteiger partial charge in [0.1, 0.15) is 0 Å². The minimum absolute atomic E-state index is 0.0391. The smallest absolute Gasteiger partial charge is 0.311 e. The molecule has 8 nitrogen and oxygen atoms in total. The number of anilines is 1. The maximum Gasteiger partial charge on any atom is 0.311 e. The van der Waals surface area contributed by atoms with Crippen molar-refractivity contribution in [2.75, 3.05) is 31.6 Å². The molecule has 2 aromatic rings. The van der Waals surface area contributed by atoms with Gasteiger partial charge in [0.25, 0.3) is 5.91 Å². The van der Waals surface area contributed by atoms with Gasteiger partial charge in [-0.1, -0.05) is 34.1 Å². The molecule has 1 saturated heterocycles. The van der Waals surface area contributed by atoms with E-state index < -0.39 is 28.0 Å². The van der Waals surface area contributed by atoms with Gasteiger partial charge in [0.2, 0.25) is 10.0 Å². The number of hydrogen-bond acceptors (Lipinski definition) is 6. The molecule has 1 aliphatic rings. The van der Waals surface area contributed by atoms with E-state index in [-0.39, 0.29) is 24.4 Å². The van der Waals surface area contributed by atoms with E-state index in [1.807, 2.05) is 12.1 Å². The first-order valence-corrected chi connectivity index (χ1v) is 12.3. The Bertz CT molecular complexity index is 1080. The Morgan fingerprint density at radius 3 is 2.47 bits per heavy atom. The molecule has 0 bridgehead atoms. The summed E-state index contributed by atoms with van der Waals surface area (Å²) < 4.78 is 38.7. The molecule has 0 unspecified atom stereocenters. The second-order valence-corrected chi connectivity index (χ2v) is 10.2. The van der Waals surface area contributed by atoms with Crippen molar-refractivity contribution >= 4 is 43.5 Å². The van der Waals surface area contributed by atoms with Crippen molar-refractivity contribution in [3.05, 3.63) is 58.1 Å². The van der Waals surface area contributed by atoms with Gasteiger partial charge < -0.3 is 14.8 Å². The quantitative estimate of drug-likeness (QED) is 0.558. The number of nitrogens with zero attached hydrogens (tertiary/aromatic N) is 1. The number of sulfonamides is 1. The van der Waals surface area contributed by atoms with Gasteiger partial charge in [-0.25, -0.2) is 8.42 Å². The average molecular weight is 525 g/mol. The number of hydrogen-bond donors (Lipinski definition) is 1. The fourth-order valence-corrected chi connectivity index (χ4v) is 5.11. The summed E-state index contributed by atoms with van der Waals surface area (Å²) in [6.45, 7) is 4.42. The number of carbonyl (C=O) groups is 2. The molecule has 1 aliphatic heterocycles. The molecule has 0 aliphatic carbocycles. The van der Waals surface area contributed by atoms with Crippen LogP contribution in [0.4, 0.5) is 5.69 Å². The first-order chi connectivity index (χ1) is 15.2. The Morgan fingerprint density at radius 1 is 1.16 bits per heavy atom. The molecule has 10 heteroatoms. The number of nitrogens with one attached hydrogen (secondary N) is 1. The van der Waals surface area contributed by atoms with E-state index >= 15 is 0 Å². The zero-order valence-corrected chi connectivity index (χ0v) is 20.2. The van der Waals surface area contributed by atoms with Crippen LogP contribution in [0.5, 0.6) is 0 Å². The molecule has 0 aromatic heterocycles. The van der Waals surface area contributed by atoms with Crippen LogP contribution >= 0.6 is 15.9 Å². The van der Waals surface area contributed by atoms with Crippen molar-refractivity contribution in [1.29, 1.82) is 0 Å². The number of aryl methyl sites for hydroxylation is 1. The molecular weight excluding hydrogens is 500 g/mol. The lowest BCUT2D eigenvalue weighted by Crippen LogP contribution is -2.40. The molecule has 2 aromatic carbocycles. The number of ether oxygens (including phenoxy) is 2. The number of rotatable bonds is 7. The van der Waals surface area contributed by atoms with Crippen molar-refractivity contribution in [2.45, 2.75) is 31.3 Å². The first-order valence-electron chi connectivity index (χ1n) is 10.1. The van der Waals surface area contributed by atoms with E-state index in [9.17, 15) is 18.0 Å². The summed E-state index contributed by atoms with van der Waals surface area (Å²) in [5.74, 6) is -1.08. The Morgan fingerprint density at radius 2 is 1.81 bits per heavy atom. The number of morpholine rings is 1. The Hall–Kier alpha value is -2.27. The summed E-state index contributed by atoms with van der Waals surface area (Å²) >= 11 is 3.33. The topological polar surface area (TPSA) is 102 Å². The standard InChI is InChI=1S/C22H25BrN2O6S/c1-15-3-8-19(14-20(15)32(28,29)25-9-11-30-12-10-25)24-22(27)16(2)31-21(26)13-17-4-6-18(23)7-5-17/h3-8,14,16H,9-13H2,1-2H3,(H,24,27)/t16-/m1/s1. The molecule has 3 rings (SSSR count). The second kappa shape index (κ2) is 10.6. The molecule has 32 heavy (non-hydrogen) atoms. The minimum atomic E-state index is -3.71. The van der Waals surface area contributed by atoms with Gasteiger partial charge in [0.05, 0.1) is 24.5 Å². The normalized spacial score (nSPS) is 15.7. The molecule has 1 heterocycles. The molecule has 172 valence electrons. The fourth-order valence-electron chi connectivity index (χ4n) is 3.19. The van der Waals surface area contributed by atoms with Crippen molar-refractivity contribution in [1.82, 2.24) is 4.31 Å². The maximum absolute atomic E-state index is 13.0. The van der Waals surface area contributed by atoms with Gasteiger partial charge >= 0.3 is 5.97 Å². The van der Waals surface area contributed by atoms with E-state index in [4.69, 9.17) is 9.47 Å². The van der Waals surface area contributed by atoms with Crippen LogP contribution in [0.3, 0.4) is 0 Å². The fraction of sp³-hybridized carbons (Fsp3) is 0.364. The van der Waals surface area contributed by atoms with Gasteiger partial charge in [-0.05, 0) is 49.2 Å². The lowest BCUT2D eigenvalue weighted by molar-refractivity contribution is -0.152. The van der Waals surface area contributed by atoms with Gasteiger partial charge in [-0.15, -0.1) is 0 Å². The summed E-state index contributed by atoms with van der Waals surface area (Å²) in [5, 5.41) is 2.63. The molecule has 1 amide bonds. The van der Waals surface area contributed by atoms with Crippen molar-refractivity contribution in [2.24, 2.45) is 0 Å². The van der Waals surface area contributed by atoms with Crippen LogP contribution in [0.15, 0.2) is 51.8 Å². The van der Waals surface area contributed by atoms with Gasteiger partial charge in [-0.2, -0.15) is 4.31 Å². The highest BCUT2D eigenvalue weighted by Crippen LogP contribution is 2.24. The van der Waals surface area contributed by atoms with Crippen LogP contribution in [0.1, 0.15) is 18.1 Å². The summed E-state index contributed by atoms with van der Waals surface area (Å²) in [5.41, 5.74) is 1.65. The zero-order chi connectivity index (χ0) is 23.3. The number of esters is 1. The maximum atomic E-state index is 13.0. The van der Waals surface area contributed by atoms with Gasteiger partial charge in [-0.3, -0.25) is 9.59 Å². The lowest BCUT2D eigenvalue weighted by atomic mass is 10.1. The lowest BCUT2D eigenvalue weighted by Gasteiger charge is -2.27. The van der Waals surface area contributed by atoms with E-state index in [1.165, 1.54) is 17.3 Å². The van der Waals surface area contributed by atoms with E-state index in [2.05, 4.69) is 21.2 Å². The van der Waals surface area contributed by atoms with Crippen LogP contribution in [0.25, 0.3) is 0 Å². The third kappa shape index (κ3) is 6.16. The summed E-state index contributed by atoms with van der Waals surface area (Å²) in [4.78, 5) is 24.8. The number of carbonyl (C=O) groups excluding carboxylic acids is 2. The van der Waals surface area contributed by atoms with Crippen LogP contribution in [-0.4, -0.2) is 57.0 Å². The average Bonchev–Trinajstić information content (AvgIpc) is 2.77. The third-order valence-corrected chi connectivity index (χ3v) is 7.55. The number of benzene rings is 2. The molecule has 0 radical (unpaired) electrons. The highest BCUT2D eigenvalue weighted by Gasteiger charge is 2.28. The minimum Gasteiger partial charge on any atom is -0.452 e. The van der Waals surface area contributed by atoms with E-state index in [1.54, 1.807) is 31.2 Å². The second-order valence-electron chi connectivity index (χ2n) is 7.42. The monoisotopic (exact) mass is 524 g/mol. The van der Waals surface area contributed by atoms with Crippen molar-refractivity contribution in [3.8, 4) is 0 Å². The van der Waals surface area contributed by atoms with Crippen molar-refractivity contribution in [3.63, 3.8) is 0 Å². The highest BCUT2D eigenvalue weighted by atomic mass is 79.9. The highest BCUT2D eigenvalue weighted by molar-refractivity contribution is 9.10. The SMILES string of the molecule is Cc1ccc(NC(=O)[C@@H](C)OC(=O)Cc2ccc(Br)cc2)cc1S(=O)(=O)N1CCOCC1. The van der Waals surface area contributed by atoms with E-state index in [0.717, 1.165) is 10.0 Å². The molecular formula is C22H25BrN2O6S. The molecule has 0 saturated carbocycles. The van der Waals surface area contributed by atoms with Gasteiger partial charge in [0.15, 0.2) is 6.10 Å². The third-order valence-electron chi connectivity index (χ3n) is 4.98. The number of amides is 1. The largest absolute Gasteiger partial charge is 0.452 e. The Labute approximate surface area is 196 Å². The predicted octanol–water partition coefficient (Wildman–Crippen LogP) is 2.89. The molecule has 1 atom stereocenters. The van der Waals surface area contributed by atoms with Crippen LogP contribution in [0, 0.1) is 6.92 Å². The summed E-state index contributed by atoms with van der Waals surface area (Å²) in [6.07, 6.45) is -1.00. The zero-order valence-electron chi connectivity index (χ0n) is 17.8. The van der Waals surface area contributed by atoms with Crippen LogP contribution in [0.2, 0.25) is 0 Å². The first kappa shape index (κ1) is 24.4. The van der Waals surface area contributed by atoms with Gasteiger partial charge in [0, 0.05) is 23.2 Å². The molecule has 1 N–H and O–H groups in total. The van der Waals surface area contributed by atoms with Crippen LogP contribution < -0.4 is 5.32 Å². The summed E-state index contributed by atoms with van der Waals surface area (Å²) in [6, 6.07) is 11.9.